The molecule has 34 heavy (non-hydrogen) atoms. The molecule has 1 aromatic heterocycles. The van der Waals surface area contributed by atoms with Gasteiger partial charge < -0.3 is 19.1 Å². The molecule has 1 fully saturated rings. The lowest BCUT2D eigenvalue weighted by Crippen LogP contribution is -2.39. The van der Waals surface area contributed by atoms with Gasteiger partial charge in [-0.25, -0.2) is 4.79 Å². The fraction of sp³-hybridized carbons (Fsp3) is 0.333. The molecule has 0 N–H and O–H groups in total. The molecule has 0 spiro atoms. The molecular formula is C27H30N2O5. The number of rotatable bonds is 5. The van der Waals surface area contributed by atoms with Gasteiger partial charge in [0.15, 0.2) is 0 Å². The number of morpholine rings is 1. The van der Waals surface area contributed by atoms with Crippen molar-refractivity contribution in [3.63, 3.8) is 0 Å². The van der Waals surface area contributed by atoms with E-state index in [1.807, 2.05) is 69.3 Å². The first-order valence-electron chi connectivity index (χ1n) is 11.4. The Hall–Kier alpha value is -3.58. The van der Waals surface area contributed by atoms with E-state index in [0.29, 0.717) is 44.2 Å². The molecule has 3 aromatic rings. The van der Waals surface area contributed by atoms with Crippen molar-refractivity contribution in [3.05, 3.63) is 71.9 Å². The lowest BCUT2D eigenvalue weighted by atomic mass is 10.1. The second-order valence-electron chi connectivity index (χ2n) is 9.16. The second kappa shape index (κ2) is 10.1. The zero-order chi connectivity index (χ0) is 24.1. The van der Waals surface area contributed by atoms with Crippen LogP contribution in [0.1, 0.15) is 31.9 Å². The van der Waals surface area contributed by atoms with E-state index in [1.54, 1.807) is 17.2 Å². The number of ether oxygens (including phenoxy) is 3. The minimum Gasteiger partial charge on any atom is -0.489 e. The normalized spacial score (nSPS) is 14.5. The summed E-state index contributed by atoms with van der Waals surface area (Å²) in [5, 5.41) is 0.794. The van der Waals surface area contributed by atoms with Crippen molar-refractivity contribution in [2.45, 2.75) is 33.0 Å². The summed E-state index contributed by atoms with van der Waals surface area (Å²) in [6.07, 6.45) is 4.50. The van der Waals surface area contributed by atoms with E-state index in [2.05, 4.69) is 0 Å². The quantitative estimate of drug-likeness (QED) is 0.506. The molecule has 2 aromatic carbocycles. The van der Waals surface area contributed by atoms with E-state index in [-0.39, 0.29) is 5.91 Å². The Kier molecular flexibility index (Phi) is 7.03. The Labute approximate surface area is 199 Å². The summed E-state index contributed by atoms with van der Waals surface area (Å²) >= 11 is 0. The maximum absolute atomic E-state index is 12.9. The Morgan fingerprint density at radius 1 is 1.06 bits per heavy atom. The summed E-state index contributed by atoms with van der Waals surface area (Å²) in [4.78, 5) is 27.2. The topological polar surface area (TPSA) is 70.0 Å². The highest BCUT2D eigenvalue weighted by Gasteiger charge is 2.21. The van der Waals surface area contributed by atoms with Crippen molar-refractivity contribution in [2.75, 3.05) is 26.3 Å². The number of hydrogen-bond donors (Lipinski definition) is 0. The third-order valence-electron chi connectivity index (χ3n) is 5.37. The van der Waals surface area contributed by atoms with Gasteiger partial charge in [0.05, 0.1) is 18.7 Å². The Bertz CT molecular complexity index is 1180. The van der Waals surface area contributed by atoms with Crippen LogP contribution in [-0.4, -0.2) is 53.4 Å². The van der Waals surface area contributed by atoms with Crippen molar-refractivity contribution < 1.29 is 23.8 Å². The van der Waals surface area contributed by atoms with Crippen molar-refractivity contribution in [1.82, 2.24) is 9.47 Å². The maximum atomic E-state index is 12.9. The molecule has 0 bridgehead atoms. The first-order chi connectivity index (χ1) is 16.3. The second-order valence-corrected chi connectivity index (χ2v) is 9.16. The van der Waals surface area contributed by atoms with Crippen molar-refractivity contribution in [2.24, 2.45) is 0 Å². The minimum absolute atomic E-state index is 0.0852. The zero-order valence-corrected chi connectivity index (χ0v) is 19.8. The third kappa shape index (κ3) is 5.85. The number of hydrogen-bond acceptors (Lipinski definition) is 5. The smallest absolute Gasteiger partial charge is 0.419 e. The van der Waals surface area contributed by atoms with Gasteiger partial charge >= 0.3 is 6.09 Å². The largest absolute Gasteiger partial charge is 0.489 e. The van der Waals surface area contributed by atoms with E-state index in [9.17, 15) is 9.59 Å². The van der Waals surface area contributed by atoms with Gasteiger partial charge in [-0.3, -0.25) is 9.36 Å². The molecule has 0 saturated carbocycles. The fourth-order valence-corrected chi connectivity index (χ4v) is 3.71. The molecule has 1 amide bonds. The monoisotopic (exact) mass is 462 g/mol. The summed E-state index contributed by atoms with van der Waals surface area (Å²) in [7, 11) is 0. The van der Waals surface area contributed by atoms with Crippen LogP contribution in [0.4, 0.5) is 4.79 Å². The highest BCUT2D eigenvalue weighted by molar-refractivity contribution is 5.99. The van der Waals surface area contributed by atoms with E-state index >= 15 is 0 Å². The van der Waals surface area contributed by atoms with E-state index in [1.165, 1.54) is 10.6 Å². The fourth-order valence-electron chi connectivity index (χ4n) is 3.71. The molecule has 1 aliphatic rings. The van der Waals surface area contributed by atoms with E-state index < -0.39 is 11.7 Å². The van der Waals surface area contributed by atoms with Gasteiger partial charge in [0.25, 0.3) is 0 Å². The molecule has 7 heteroatoms. The predicted molar refractivity (Wildman–Crippen MR) is 131 cm³/mol. The first kappa shape index (κ1) is 23.6. The van der Waals surface area contributed by atoms with E-state index in [4.69, 9.17) is 14.2 Å². The molecule has 2 heterocycles. The highest BCUT2D eigenvalue weighted by Crippen LogP contribution is 2.28. The van der Waals surface area contributed by atoms with Crippen LogP contribution in [0.25, 0.3) is 17.0 Å². The van der Waals surface area contributed by atoms with Gasteiger partial charge in [0, 0.05) is 36.3 Å². The van der Waals surface area contributed by atoms with E-state index in [0.717, 1.165) is 16.5 Å². The number of benzene rings is 2. The average molecular weight is 463 g/mol. The first-order valence-corrected chi connectivity index (χ1v) is 11.4. The van der Waals surface area contributed by atoms with Crippen LogP contribution in [0, 0.1) is 0 Å². The minimum atomic E-state index is -0.630. The summed E-state index contributed by atoms with van der Waals surface area (Å²) in [5.41, 5.74) is 1.84. The lowest BCUT2D eigenvalue weighted by Gasteiger charge is -2.25. The predicted octanol–water partition coefficient (Wildman–Crippen LogP) is 4.88. The maximum Gasteiger partial charge on any atom is 0.419 e. The number of fused-ring (bicyclic) bond motifs is 1. The molecule has 178 valence electrons. The number of carbonyl (C=O) groups excluding carboxylic acids is 2. The SMILES string of the molecule is CC(C)(C)OC(=O)n1cc(/C=C\C(=O)N2CCOCC2)c2cc(OCc3ccccc3)ccc21. The van der Waals surface area contributed by atoms with Crippen molar-refractivity contribution in [1.29, 1.82) is 0 Å². The summed E-state index contributed by atoms with van der Waals surface area (Å²) in [6.45, 7) is 8.13. The van der Waals surface area contributed by atoms with Crippen LogP contribution < -0.4 is 4.74 Å². The van der Waals surface area contributed by atoms with Crippen molar-refractivity contribution >= 4 is 29.0 Å². The van der Waals surface area contributed by atoms with Crippen LogP contribution >= 0.6 is 0 Å². The van der Waals surface area contributed by atoms with Gasteiger partial charge in [-0.05, 0) is 50.6 Å². The molecule has 7 nitrogen and oxygen atoms in total. The van der Waals surface area contributed by atoms with Crippen molar-refractivity contribution in [3.8, 4) is 5.75 Å². The molecule has 1 aliphatic heterocycles. The Balaban J connectivity index is 1.64. The molecule has 1 saturated heterocycles. The lowest BCUT2D eigenvalue weighted by molar-refractivity contribution is -0.129. The summed E-state index contributed by atoms with van der Waals surface area (Å²) in [5.74, 6) is 0.588. The molecule has 0 radical (unpaired) electrons. The van der Waals surface area contributed by atoms with Gasteiger partial charge in [-0.2, -0.15) is 0 Å². The van der Waals surface area contributed by atoms with Crippen LogP contribution in [0.3, 0.4) is 0 Å². The standard InChI is InChI=1S/C27H30N2O5/c1-27(2,3)34-26(31)29-18-21(9-12-25(30)28-13-15-32-16-14-28)23-17-22(10-11-24(23)29)33-19-20-7-5-4-6-8-20/h4-12,17-18H,13-16,19H2,1-3H3/b12-9-. The van der Waals surface area contributed by atoms with Crippen LogP contribution in [0.5, 0.6) is 5.75 Å². The summed E-state index contributed by atoms with van der Waals surface area (Å²) in [6, 6.07) is 15.5. The Morgan fingerprint density at radius 2 is 1.79 bits per heavy atom. The van der Waals surface area contributed by atoms with Gasteiger partial charge in [-0.15, -0.1) is 0 Å². The number of aromatic nitrogens is 1. The van der Waals surface area contributed by atoms with Crippen LogP contribution in [0.15, 0.2) is 60.8 Å². The average Bonchev–Trinajstić information content (AvgIpc) is 3.19. The zero-order valence-electron chi connectivity index (χ0n) is 19.8. The van der Waals surface area contributed by atoms with Gasteiger partial charge in [0.2, 0.25) is 5.91 Å². The van der Waals surface area contributed by atoms with Crippen LogP contribution in [-0.2, 0) is 20.9 Å². The van der Waals surface area contributed by atoms with Crippen LogP contribution in [0.2, 0.25) is 0 Å². The molecular weight excluding hydrogens is 432 g/mol. The van der Waals surface area contributed by atoms with Gasteiger partial charge in [-0.1, -0.05) is 30.3 Å². The molecule has 0 atom stereocenters. The third-order valence-corrected chi connectivity index (χ3v) is 5.37. The summed E-state index contributed by atoms with van der Waals surface area (Å²) < 4.78 is 18.4. The molecule has 0 unspecified atom stereocenters. The highest BCUT2D eigenvalue weighted by atomic mass is 16.6. The van der Waals surface area contributed by atoms with Gasteiger partial charge in [0.1, 0.15) is 18.0 Å². The molecule has 4 rings (SSSR count). The number of carbonyl (C=O) groups is 2. The Morgan fingerprint density at radius 3 is 2.50 bits per heavy atom. The number of nitrogens with zero attached hydrogens (tertiary/aromatic N) is 2. The number of amides is 1. The molecule has 0 aliphatic carbocycles.